The fourth-order valence-corrected chi connectivity index (χ4v) is 7.30. The molecule has 1 aliphatic carbocycles. The predicted molar refractivity (Wildman–Crippen MR) is 157 cm³/mol. The number of alkyl halides is 3. The minimum absolute atomic E-state index is 0.260. The van der Waals surface area contributed by atoms with Crippen molar-refractivity contribution >= 4 is 42.4 Å². The summed E-state index contributed by atoms with van der Waals surface area (Å²) in [4.78, 5) is 9.33. The average molecular weight is 547 g/mol. The largest absolute Gasteiger partial charge is 0.416 e. The number of aromatic nitrogens is 2. The van der Waals surface area contributed by atoms with Gasteiger partial charge in [-0.3, -0.25) is 0 Å². The molecule has 0 aliphatic heterocycles. The molecular formula is C33H33F3N2S. The standard InChI is InChI=1S/C33H33F3N2S/c1-31(2,3)26-16-22(14-21-15-23(33(34,35)36)7-9-24(21)26)28-30-29(38-18-37-28)25-8-6-20(17-27(25)39-30)19-10-12-32(4,5)13-11-19/h6-9,14-19H,10-13H2,1-5H3. The lowest BCUT2D eigenvalue weighted by atomic mass is 9.71. The molecule has 0 bridgehead atoms. The van der Waals surface area contributed by atoms with E-state index in [4.69, 9.17) is 0 Å². The van der Waals surface area contributed by atoms with Crippen molar-refractivity contribution in [3.63, 3.8) is 0 Å². The molecule has 0 saturated heterocycles. The molecule has 0 radical (unpaired) electrons. The monoisotopic (exact) mass is 546 g/mol. The van der Waals surface area contributed by atoms with Crippen LogP contribution in [-0.2, 0) is 11.6 Å². The summed E-state index contributed by atoms with van der Waals surface area (Å²) in [6.07, 6.45) is 2.08. The quantitative estimate of drug-likeness (QED) is 0.220. The Kier molecular flexibility index (Phi) is 6.07. The van der Waals surface area contributed by atoms with Gasteiger partial charge in [-0.1, -0.05) is 52.8 Å². The Balaban J connectivity index is 1.51. The van der Waals surface area contributed by atoms with Crippen molar-refractivity contribution in [1.82, 2.24) is 9.97 Å². The molecule has 0 N–H and O–H groups in total. The van der Waals surface area contributed by atoms with Crippen molar-refractivity contribution < 1.29 is 13.2 Å². The fourth-order valence-electron chi connectivity index (χ4n) is 6.09. The molecule has 0 atom stereocenters. The molecule has 2 aromatic heterocycles. The Morgan fingerprint density at radius 2 is 1.59 bits per heavy atom. The van der Waals surface area contributed by atoms with Crippen LogP contribution in [0.25, 0.3) is 42.3 Å². The van der Waals surface area contributed by atoms with Crippen LogP contribution in [-0.4, -0.2) is 9.97 Å². The van der Waals surface area contributed by atoms with E-state index in [1.165, 1.54) is 48.1 Å². The number of hydrogen-bond donors (Lipinski definition) is 0. The topological polar surface area (TPSA) is 25.8 Å². The van der Waals surface area contributed by atoms with E-state index in [1.54, 1.807) is 23.7 Å². The number of benzene rings is 3. The van der Waals surface area contributed by atoms with Crippen LogP contribution in [0.4, 0.5) is 13.2 Å². The zero-order chi connectivity index (χ0) is 27.7. The van der Waals surface area contributed by atoms with Crippen molar-refractivity contribution in [3.05, 3.63) is 71.5 Å². The minimum Gasteiger partial charge on any atom is -0.235 e. The summed E-state index contributed by atoms with van der Waals surface area (Å²) in [5, 5.41) is 2.51. The Morgan fingerprint density at radius 1 is 0.872 bits per heavy atom. The third-order valence-corrected chi connectivity index (χ3v) is 9.60. The molecule has 0 unspecified atom stereocenters. The first-order valence-corrected chi connectivity index (χ1v) is 14.4. The van der Waals surface area contributed by atoms with Gasteiger partial charge in [-0.25, -0.2) is 9.97 Å². The summed E-state index contributed by atoms with van der Waals surface area (Å²) in [5.74, 6) is 0.579. The van der Waals surface area contributed by atoms with E-state index in [1.807, 2.05) is 6.07 Å². The highest BCUT2D eigenvalue weighted by Gasteiger charge is 2.31. The molecular weight excluding hydrogens is 513 g/mol. The van der Waals surface area contributed by atoms with Gasteiger partial charge in [0.1, 0.15) is 6.33 Å². The Bertz CT molecular complexity index is 1710. The Hall–Kier alpha value is -2.99. The normalized spacial score (nSPS) is 16.9. The highest BCUT2D eigenvalue weighted by atomic mass is 32.1. The molecule has 1 fully saturated rings. The van der Waals surface area contributed by atoms with Gasteiger partial charge in [0.05, 0.1) is 21.5 Å². The lowest BCUT2D eigenvalue weighted by Crippen LogP contribution is -2.20. The fraction of sp³-hybridized carbons (Fsp3) is 0.394. The molecule has 0 spiro atoms. The second kappa shape index (κ2) is 9.02. The van der Waals surface area contributed by atoms with Crippen LogP contribution in [0.15, 0.2) is 54.9 Å². The number of thiophene rings is 1. The highest BCUT2D eigenvalue weighted by molar-refractivity contribution is 7.26. The maximum Gasteiger partial charge on any atom is 0.416 e. The maximum atomic E-state index is 13.6. The molecule has 3 aromatic carbocycles. The summed E-state index contributed by atoms with van der Waals surface area (Å²) in [5.41, 5.74) is 4.41. The maximum absolute atomic E-state index is 13.6. The molecule has 6 heteroatoms. The zero-order valence-electron chi connectivity index (χ0n) is 23.0. The van der Waals surface area contributed by atoms with Gasteiger partial charge in [-0.15, -0.1) is 11.3 Å². The Morgan fingerprint density at radius 3 is 2.28 bits per heavy atom. The molecule has 39 heavy (non-hydrogen) atoms. The summed E-state index contributed by atoms with van der Waals surface area (Å²) in [7, 11) is 0. The molecule has 5 aromatic rings. The van der Waals surface area contributed by atoms with E-state index < -0.39 is 11.7 Å². The third-order valence-electron chi connectivity index (χ3n) is 8.45. The van der Waals surface area contributed by atoms with Crippen LogP contribution in [0, 0.1) is 5.41 Å². The van der Waals surface area contributed by atoms with Gasteiger partial charge in [0.15, 0.2) is 0 Å². The van der Waals surface area contributed by atoms with Gasteiger partial charge >= 0.3 is 6.18 Å². The summed E-state index contributed by atoms with van der Waals surface area (Å²) < 4.78 is 42.9. The van der Waals surface area contributed by atoms with Gasteiger partial charge in [-0.2, -0.15) is 13.2 Å². The first-order valence-electron chi connectivity index (χ1n) is 13.6. The molecule has 1 aliphatic rings. The first-order chi connectivity index (χ1) is 18.3. The zero-order valence-corrected chi connectivity index (χ0v) is 23.9. The number of rotatable bonds is 2. The molecule has 6 rings (SSSR count). The third kappa shape index (κ3) is 4.82. The van der Waals surface area contributed by atoms with Gasteiger partial charge in [-0.05, 0) is 94.7 Å². The van der Waals surface area contributed by atoms with Gasteiger partial charge < -0.3 is 0 Å². The molecule has 2 heterocycles. The van der Waals surface area contributed by atoms with Crippen molar-refractivity contribution in [2.45, 2.75) is 77.8 Å². The van der Waals surface area contributed by atoms with E-state index in [-0.39, 0.29) is 5.41 Å². The van der Waals surface area contributed by atoms with Crippen LogP contribution < -0.4 is 0 Å². The van der Waals surface area contributed by atoms with E-state index in [0.717, 1.165) is 37.8 Å². The Labute approximate surface area is 231 Å². The summed E-state index contributed by atoms with van der Waals surface area (Å²) >= 11 is 1.68. The smallest absolute Gasteiger partial charge is 0.235 e. The number of nitrogens with zero attached hydrogens (tertiary/aromatic N) is 2. The lowest BCUT2D eigenvalue weighted by Gasteiger charge is -2.34. The van der Waals surface area contributed by atoms with Gasteiger partial charge in [0.2, 0.25) is 0 Å². The van der Waals surface area contributed by atoms with E-state index in [0.29, 0.717) is 16.7 Å². The van der Waals surface area contributed by atoms with E-state index in [2.05, 4.69) is 68.9 Å². The van der Waals surface area contributed by atoms with E-state index in [9.17, 15) is 13.2 Å². The van der Waals surface area contributed by atoms with E-state index >= 15 is 0 Å². The second-order valence-electron chi connectivity index (χ2n) is 12.9. The van der Waals surface area contributed by atoms with Crippen LogP contribution >= 0.6 is 11.3 Å². The van der Waals surface area contributed by atoms with Crippen molar-refractivity contribution in [2.24, 2.45) is 5.41 Å². The van der Waals surface area contributed by atoms with Crippen LogP contribution in [0.3, 0.4) is 0 Å². The first kappa shape index (κ1) is 26.2. The van der Waals surface area contributed by atoms with Crippen LogP contribution in [0.2, 0.25) is 0 Å². The van der Waals surface area contributed by atoms with Crippen molar-refractivity contribution in [3.8, 4) is 11.3 Å². The van der Waals surface area contributed by atoms with Crippen LogP contribution in [0.5, 0.6) is 0 Å². The predicted octanol–water partition coefficient (Wildman–Crippen LogP) is 10.7. The minimum atomic E-state index is -4.40. The summed E-state index contributed by atoms with van der Waals surface area (Å²) in [6, 6.07) is 14.8. The summed E-state index contributed by atoms with van der Waals surface area (Å²) in [6.45, 7) is 11.0. The molecule has 1 saturated carbocycles. The van der Waals surface area contributed by atoms with Crippen LogP contribution in [0.1, 0.15) is 82.9 Å². The molecule has 202 valence electrons. The number of halogens is 3. The number of hydrogen-bond acceptors (Lipinski definition) is 3. The van der Waals surface area contributed by atoms with Gasteiger partial charge in [0.25, 0.3) is 0 Å². The molecule has 2 nitrogen and oxygen atoms in total. The van der Waals surface area contributed by atoms with Gasteiger partial charge in [0, 0.05) is 15.6 Å². The number of fused-ring (bicyclic) bond motifs is 4. The van der Waals surface area contributed by atoms with Crippen molar-refractivity contribution in [2.75, 3.05) is 0 Å². The average Bonchev–Trinajstić information content (AvgIpc) is 3.24. The van der Waals surface area contributed by atoms with Crippen molar-refractivity contribution in [1.29, 1.82) is 0 Å². The molecule has 0 amide bonds. The SMILES string of the molecule is CC1(C)CCC(c2ccc3c(c2)sc2c(-c4cc(C(C)(C)C)c5ccc(C(F)(F)F)cc5c4)ncnc23)CC1. The highest BCUT2D eigenvalue weighted by Crippen LogP contribution is 2.45. The second-order valence-corrected chi connectivity index (χ2v) is 14.0. The lowest BCUT2D eigenvalue weighted by molar-refractivity contribution is -0.137.